The highest BCUT2D eigenvalue weighted by atomic mass is 32.1. The van der Waals surface area contributed by atoms with Crippen LogP contribution >= 0.6 is 11.3 Å². The summed E-state index contributed by atoms with van der Waals surface area (Å²) in [6.45, 7) is 0.638. The van der Waals surface area contributed by atoms with Crippen LogP contribution in [0.25, 0.3) is 0 Å². The van der Waals surface area contributed by atoms with Crippen LogP contribution in [0, 0.1) is 0 Å². The SMILES string of the molecule is Nc1ccc(C(=O)N(Cc2ccsc2)C2CC2)nn1. The second kappa shape index (κ2) is 4.97. The molecule has 98 valence electrons. The average Bonchev–Trinajstić information content (AvgIpc) is 3.13. The third kappa shape index (κ3) is 2.73. The first-order valence-electron chi connectivity index (χ1n) is 6.15. The Balaban J connectivity index is 1.79. The lowest BCUT2D eigenvalue weighted by molar-refractivity contribution is 0.0723. The van der Waals surface area contributed by atoms with Gasteiger partial charge in [0.05, 0.1) is 0 Å². The van der Waals surface area contributed by atoms with Gasteiger partial charge in [-0.1, -0.05) is 0 Å². The van der Waals surface area contributed by atoms with E-state index < -0.39 is 0 Å². The van der Waals surface area contributed by atoms with Gasteiger partial charge in [-0.25, -0.2) is 0 Å². The molecule has 1 amide bonds. The third-order valence-corrected chi connectivity index (χ3v) is 3.82. The van der Waals surface area contributed by atoms with Gasteiger partial charge in [0.1, 0.15) is 5.82 Å². The van der Waals surface area contributed by atoms with Crippen molar-refractivity contribution in [3.8, 4) is 0 Å². The molecule has 2 aromatic rings. The molecule has 1 aliphatic carbocycles. The number of hydrogen-bond acceptors (Lipinski definition) is 5. The molecule has 0 unspecified atom stereocenters. The molecule has 2 heterocycles. The minimum absolute atomic E-state index is 0.0683. The number of thiophene rings is 1. The third-order valence-electron chi connectivity index (χ3n) is 3.09. The Hall–Kier alpha value is -1.95. The molecule has 0 spiro atoms. The Morgan fingerprint density at radius 1 is 1.37 bits per heavy atom. The van der Waals surface area contributed by atoms with Gasteiger partial charge in [0, 0.05) is 12.6 Å². The molecule has 0 radical (unpaired) electrons. The minimum Gasteiger partial charge on any atom is -0.382 e. The van der Waals surface area contributed by atoms with Crippen LogP contribution in [0.4, 0.5) is 5.82 Å². The van der Waals surface area contributed by atoms with Gasteiger partial charge in [0.15, 0.2) is 5.69 Å². The molecule has 0 atom stereocenters. The van der Waals surface area contributed by atoms with Crippen molar-refractivity contribution in [2.75, 3.05) is 5.73 Å². The van der Waals surface area contributed by atoms with Gasteiger partial charge in [0.2, 0.25) is 0 Å². The summed E-state index contributed by atoms with van der Waals surface area (Å²) in [7, 11) is 0. The minimum atomic E-state index is -0.0683. The van der Waals surface area contributed by atoms with Crippen LogP contribution in [0.3, 0.4) is 0 Å². The Morgan fingerprint density at radius 2 is 2.21 bits per heavy atom. The van der Waals surface area contributed by atoms with Gasteiger partial charge in [-0.2, -0.15) is 11.3 Å². The lowest BCUT2D eigenvalue weighted by atomic mass is 10.2. The zero-order valence-electron chi connectivity index (χ0n) is 10.3. The molecule has 1 fully saturated rings. The maximum Gasteiger partial charge on any atom is 0.274 e. The summed E-state index contributed by atoms with van der Waals surface area (Å²) in [6, 6.07) is 5.62. The summed E-state index contributed by atoms with van der Waals surface area (Å²) >= 11 is 1.64. The smallest absolute Gasteiger partial charge is 0.274 e. The van der Waals surface area contributed by atoms with Gasteiger partial charge < -0.3 is 10.6 Å². The maximum atomic E-state index is 12.4. The fourth-order valence-corrected chi connectivity index (χ4v) is 2.60. The number of nitrogen functional groups attached to an aromatic ring is 1. The van der Waals surface area contributed by atoms with Crippen molar-refractivity contribution >= 4 is 23.1 Å². The lowest BCUT2D eigenvalue weighted by Gasteiger charge is -2.21. The number of aromatic nitrogens is 2. The van der Waals surface area contributed by atoms with Crippen molar-refractivity contribution in [3.05, 3.63) is 40.2 Å². The Morgan fingerprint density at radius 3 is 2.79 bits per heavy atom. The standard InChI is InChI=1S/C13H14N4OS/c14-12-4-3-11(15-16-12)13(18)17(10-1-2-10)7-9-5-6-19-8-9/h3-6,8,10H,1-2,7H2,(H2,14,16). The van der Waals surface area contributed by atoms with Gasteiger partial charge in [0.25, 0.3) is 5.91 Å². The molecule has 1 saturated carbocycles. The van der Waals surface area contributed by atoms with E-state index in [4.69, 9.17) is 5.73 Å². The Kier molecular flexibility index (Phi) is 3.16. The number of amides is 1. The summed E-state index contributed by atoms with van der Waals surface area (Å²) in [6.07, 6.45) is 2.14. The maximum absolute atomic E-state index is 12.4. The van der Waals surface area contributed by atoms with Crippen LogP contribution in [0.2, 0.25) is 0 Å². The van der Waals surface area contributed by atoms with E-state index in [1.807, 2.05) is 16.3 Å². The van der Waals surface area contributed by atoms with Crippen LogP contribution in [0.5, 0.6) is 0 Å². The number of carbonyl (C=O) groups excluding carboxylic acids is 1. The topological polar surface area (TPSA) is 72.1 Å². The van der Waals surface area contributed by atoms with E-state index in [-0.39, 0.29) is 5.91 Å². The summed E-state index contributed by atoms with van der Waals surface area (Å²) < 4.78 is 0. The number of hydrogen-bond donors (Lipinski definition) is 1. The summed E-state index contributed by atoms with van der Waals surface area (Å²) in [5.74, 6) is 0.258. The predicted molar refractivity (Wildman–Crippen MR) is 73.7 cm³/mol. The van der Waals surface area contributed by atoms with Gasteiger partial charge >= 0.3 is 0 Å². The molecular weight excluding hydrogens is 260 g/mol. The first-order chi connectivity index (χ1) is 9.24. The second-order valence-corrected chi connectivity index (χ2v) is 5.42. The van der Waals surface area contributed by atoms with Crippen LogP contribution in [0.1, 0.15) is 28.9 Å². The highest BCUT2D eigenvalue weighted by Gasteiger charge is 2.33. The first kappa shape index (κ1) is 12.1. The number of carbonyl (C=O) groups is 1. The van der Waals surface area contributed by atoms with Crippen LogP contribution in [-0.2, 0) is 6.54 Å². The zero-order valence-corrected chi connectivity index (χ0v) is 11.1. The van der Waals surface area contributed by atoms with E-state index in [2.05, 4.69) is 15.6 Å². The van der Waals surface area contributed by atoms with Gasteiger partial charge in [-0.15, -0.1) is 10.2 Å². The monoisotopic (exact) mass is 274 g/mol. The molecule has 2 N–H and O–H groups in total. The molecule has 1 aliphatic rings. The largest absolute Gasteiger partial charge is 0.382 e. The highest BCUT2D eigenvalue weighted by molar-refractivity contribution is 7.07. The van der Waals surface area contributed by atoms with Crippen LogP contribution in [-0.4, -0.2) is 27.0 Å². The highest BCUT2D eigenvalue weighted by Crippen LogP contribution is 2.29. The van der Waals surface area contributed by atoms with Gasteiger partial charge in [-0.05, 0) is 47.4 Å². The quantitative estimate of drug-likeness (QED) is 0.924. The molecule has 19 heavy (non-hydrogen) atoms. The van der Waals surface area contributed by atoms with Crippen molar-refractivity contribution in [1.29, 1.82) is 0 Å². The molecule has 3 rings (SSSR count). The normalized spacial score (nSPS) is 14.3. The van der Waals surface area contributed by atoms with E-state index in [0.717, 1.165) is 18.4 Å². The molecular formula is C13H14N4OS. The molecule has 2 aromatic heterocycles. The molecule has 0 aromatic carbocycles. The first-order valence-corrected chi connectivity index (χ1v) is 7.09. The van der Waals surface area contributed by atoms with Crippen molar-refractivity contribution in [2.24, 2.45) is 0 Å². The Bertz CT molecular complexity index is 563. The predicted octanol–water partition coefficient (Wildman–Crippen LogP) is 1.93. The fraction of sp³-hybridized carbons (Fsp3) is 0.308. The van der Waals surface area contributed by atoms with Crippen molar-refractivity contribution in [2.45, 2.75) is 25.4 Å². The van der Waals surface area contributed by atoms with E-state index >= 15 is 0 Å². The number of anilines is 1. The number of nitrogens with zero attached hydrogens (tertiary/aromatic N) is 3. The van der Waals surface area contributed by atoms with E-state index in [1.165, 1.54) is 0 Å². The molecule has 0 saturated heterocycles. The van der Waals surface area contributed by atoms with Crippen molar-refractivity contribution < 1.29 is 4.79 Å². The molecule has 5 nitrogen and oxygen atoms in total. The van der Waals surface area contributed by atoms with Crippen LogP contribution < -0.4 is 5.73 Å². The van der Waals surface area contributed by atoms with Crippen molar-refractivity contribution in [1.82, 2.24) is 15.1 Å². The van der Waals surface area contributed by atoms with E-state index in [0.29, 0.717) is 24.1 Å². The molecule has 6 heteroatoms. The molecule has 0 bridgehead atoms. The number of nitrogens with two attached hydrogens (primary N) is 1. The van der Waals surface area contributed by atoms with Crippen molar-refractivity contribution in [3.63, 3.8) is 0 Å². The summed E-state index contributed by atoms with van der Waals surface area (Å²) in [5, 5.41) is 11.7. The summed E-state index contributed by atoms with van der Waals surface area (Å²) in [5.41, 5.74) is 7.01. The fourth-order valence-electron chi connectivity index (χ4n) is 1.94. The van der Waals surface area contributed by atoms with Crippen LogP contribution in [0.15, 0.2) is 29.0 Å². The Labute approximate surface area is 115 Å². The molecule has 0 aliphatic heterocycles. The second-order valence-electron chi connectivity index (χ2n) is 4.64. The average molecular weight is 274 g/mol. The number of rotatable bonds is 4. The van der Waals surface area contributed by atoms with Gasteiger partial charge in [-0.3, -0.25) is 4.79 Å². The van der Waals surface area contributed by atoms with E-state index in [9.17, 15) is 4.79 Å². The summed E-state index contributed by atoms with van der Waals surface area (Å²) in [4.78, 5) is 14.3. The zero-order chi connectivity index (χ0) is 13.2. The van der Waals surface area contributed by atoms with E-state index in [1.54, 1.807) is 23.5 Å². The lowest BCUT2D eigenvalue weighted by Crippen LogP contribution is -2.33.